The van der Waals surface area contributed by atoms with Crippen LogP contribution in [0.15, 0.2) is 23.8 Å². The molecule has 0 radical (unpaired) electrons. The topological polar surface area (TPSA) is 94.8 Å². The standard InChI is InChI=1S/C22H30O5/c1-12-10-14-15-4-5-17(19(24)22(25,26)27)20(15,2)9-7-16(14)21(3)8-6-13(23)11-18(12)21/h6,8,11-12,14-17,25-27H,4-5,7,9-10H2,1-3H3/t12-,14+,15+,16+,17-,20+,21-/m1/s1. The van der Waals surface area contributed by atoms with E-state index in [1.54, 1.807) is 6.08 Å². The molecule has 5 nitrogen and oxygen atoms in total. The Hall–Kier alpha value is -1.30. The molecule has 0 saturated heterocycles. The van der Waals surface area contributed by atoms with Crippen molar-refractivity contribution in [3.05, 3.63) is 23.8 Å². The van der Waals surface area contributed by atoms with Crippen LogP contribution in [0.25, 0.3) is 0 Å². The molecule has 3 N–H and O–H groups in total. The molecule has 0 heterocycles. The fourth-order valence-electron chi connectivity index (χ4n) is 7.28. The van der Waals surface area contributed by atoms with Gasteiger partial charge in [-0.15, -0.1) is 0 Å². The number of aliphatic hydroxyl groups is 3. The minimum absolute atomic E-state index is 0.0742. The van der Waals surface area contributed by atoms with Gasteiger partial charge in [-0.05, 0) is 73.3 Å². The quantitative estimate of drug-likeness (QED) is 0.645. The van der Waals surface area contributed by atoms with E-state index in [2.05, 4.69) is 26.8 Å². The second-order valence-corrected chi connectivity index (χ2v) is 9.81. The van der Waals surface area contributed by atoms with E-state index in [0.29, 0.717) is 30.1 Å². The van der Waals surface area contributed by atoms with Crippen LogP contribution in [0.4, 0.5) is 0 Å². The molecular formula is C22H30O5. The van der Waals surface area contributed by atoms with Crippen molar-refractivity contribution in [2.24, 2.45) is 40.4 Å². The Balaban J connectivity index is 1.68. The molecule has 0 unspecified atom stereocenters. The number of Topliss-reactive ketones (excluding diaryl/α,β-unsaturated/α-hetero) is 1. The van der Waals surface area contributed by atoms with Crippen LogP contribution in [-0.2, 0) is 9.59 Å². The Morgan fingerprint density at radius 1 is 1.15 bits per heavy atom. The molecule has 0 aromatic rings. The van der Waals surface area contributed by atoms with Gasteiger partial charge in [0.1, 0.15) is 0 Å². The lowest BCUT2D eigenvalue weighted by atomic mass is 9.46. The smallest absolute Gasteiger partial charge is 0.337 e. The molecular weight excluding hydrogens is 344 g/mol. The molecule has 5 heteroatoms. The van der Waals surface area contributed by atoms with E-state index in [4.69, 9.17) is 0 Å². The van der Waals surface area contributed by atoms with Crippen molar-refractivity contribution in [2.75, 3.05) is 0 Å². The van der Waals surface area contributed by atoms with Crippen LogP contribution in [0.1, 0.15) is 52.9 Å². The SMILES string of the molecule is C[C@@H]1C[C@H]2[C@@H]3CC[C@H](C(=O)C(O)(O)O)[C@@]3(C)CC[C@@H]2[C@@]2(C)C=CC(=O)C=C12. The summed E-state index contributed by atoms with van der Waals surface area (Å²) in [6, 6.07) is 0. The number of hydrogen-bond acceptors (Lipinski definition) is 5. The molecule has 0 amide bonds. The van der Waals surface area contributed by atoms with E-state index in [9.17, 15) is 24.9 Å². The molecule has 0 bridgehead atoms. The maximum absolute atomic E-state index is 12.5. The lowest BCUT2D eigenvalue weighted by Crippen LogP contribution is -2.53. The van der Waals surface area contributed by atoms with E-state index >= 15 is 0 Å². The van der Waals surface area contributed by atoms with Crippen LogP contribution in [0.3, 0.4) is 0 Å². The first-order valence-corrected chi connectivity index (χ1v) is 10.1. The molecule has 0 aromatic carbocycles. The van der Waals surface area contributed by atoms with E-state index in [1.165, 1.54) is 5.57 Å². The van der Waals surface area contributed by atoms with E-state index in [0.717, 1.165) is 25.7 Å². The molecule has 4 aliphatic carbocycles. The van der Waals surface area contributed by atoms with Crippen molar-refractivity contribution in [3.63, 3.8) is 0 Å². The fraction of sp³-hybridized carbons (Fsp3) is 0.727. The largest absolute Gasteiger partial charge is 0.339 e. The summed E-state index contributed by atoms with van der Waals surface area (Å²) in [6.07, 6.45) is 9.84. The van der Waals surface area contributed by atoms with Crippen LogP contribution in [0.2, 0.25) is 0 Å². The predicted octanol–water partition coefficient (Wildman–Crippen LogP) is 2.36. The summed E-state index contributed by atoms with van der Waals surface area (Å²) in [5.74, 6) is -3.05. The maximum atomic E-state index is 12.5. The number of allylic oxidation sites excluding steroid dienone is 4. The first kappa shape index (κ1) is 19.0. The van der Waals surface area contributed by atoms with E-state index in [-0.39, 0.29) is 16.6 Å². The first-order valence-electron chi connectivity index (χ1n) is 10.1. The molecule has 4 rings (SSSR count). The number of fused-ring (bicyclic) bond motifs is 5. The van der Waals surface area contributed by atoms with Crippen LogP contribution in [0, 0.1) is 40.4 Å². The highest BCUT2D eigenvalue weighted by Gasteiger charge is 2.62. The van der Waals surface area contributed by atoms with Gasteiger partial charge in [-0.2, -0.15) is 0 Å². The van der Waals surface area contributed by atoms with Crippen molar-refractivity contribution in [3.8, 4) is 0 Å². The number of ketones is 2. The number of carbonyl (C=O) groups excluding carboxylic acids is 2. The van der Waals surface area contributed by atoms with Crippen molar-refractivity contribution >= 4 is 11.6 Å². The highest BCUT2D eigenvalue weighted by Crippen LogP contribution is 2.67. The minimum atomic E-state index is -3.24. The lowest BCUT2D eigenvalue weighted by Gasteiger charge is -2.58. The van der Waals surface area contributed by atoms with Crippen LogP contribution >= 0.6 is 0 Å². The maximum Gasteiger partial charge on any atom is 0.339 e. The zero-order chi connectivity index (χ0) is 19.8. The molecule has 3 saturated carbocycles. The highest BCUT2D eigenvalue weighted by molar-refractivity contribution is 6.01. The Morgan fingerprint density at radius 2 is 1.85 bits per heavy atom. The van der Waals surface area contributed by atoms with Crippen molar-refractivity contribution in [1.29, 1.82) is 0 Å². The Kier molecular flexibility index (Phi) is 4.12. The lowest BCUT2D eigenvalue weighted by molar-refractivity contribution is -0.291. The summed E-state index contributed by atoms with van der Waals surface area (Å²) in [4.78, 5) is 24.4. The molecule has 3 fully saturated rings. The van der Waals surface area contributed by atoms with Crippen LogP contribution < -0.4 is 0 Å². The van der Waals surface area contributed by atoms with Gasteiger partial charge >= 0.3 is 5.97 Å². The van der Waals surface area contributed by atoms with E-state index < -0.39 is 17.7 Å². The van der Waals surface area contributed by atoms with Gasteiger partial charge in [-0.3, -0.25) is 9.59 Å². The van der Waals surface area contributed by atoms with Gasteiger partial charge in [-0.1, -0.05) is 32.4 Å². The normalized spacial score (nSPS) is 46.4. The van der Waals surface area contributed by atoms with Gasteiger partial charge in [0.15, 0.2) is 5.78 Å². The van der Waals surface area contributed by atoms with Gasteiger partial charge in [0.2, 0.25) is 5.78 Å². The van der Waals surface area contributed by atoms with E-state index in [1.807, 2.05) is 6.08 Å². The zero-order valence-electron chi connectivity index (χ0n) is 16.3. The average molecular weight is 374 g/mol. The second kappa shape index (κ2) is 5.85. The summed E-state index contributed by atoms with van der Waals surface area (Å²) in [5.41, 5.74) is 0.808. The van der Waals surface area contributed by atoms with Crippen molar-refractivity contribution in [2.45, 2.75) is 58.8 Å². The monoisotopic (exact) mass is 374 g/mol. The third-order valence-corrected chi connectivity index (χ3v) is 8.52. The molecule has 7 atom stereocenters. The molecule has 0 aromatic heterocycles. The van der Waals surface area contributed by atoms with Gasteiger partial charge < -0.3 is 15.3 Å². The van der Waals surface area contributed by atoms with Gasteiger partial charge in [-0.25, -0.2) is 0 Å². The number of hydrogen-bond donors (Lipinski definition) is 3. The van der Waals surface area contributed by atoms with Crippen molar-refractivity contribution < 1.29 is 24.9 Å². The molecule has 148 valence electrons. The average Bonchev–Trinajstić information content (AvgIpc) is 2.92. The number of rotatable bonds is 2. The Morgan fingerprint density at radius 3 is 2.52 bits per heavy atom. The summed E-state index contributed by atoms with van der Waals surface area (Å²) >= 11 is 0. The molecule has 0 aliphatic heterocycles. The van der Waals surface area contributed by atoms with Gasteiger partial charge in [0.05, 0.1) is 0 Å². The van der Waals surface area contributed by atoms with Gasteiger partial charge in [0.25, 0.3) is 0 Å². The third-order valence-electron chi connectivity index (χ3n) is 8.52. The molecule has 27 heavy (non-hydrogen) atoms. The summed E-state index contributed by atoms with van der Waals surface area (Å²) < 4.78 is 0. The summed E-state index contributed by atoms with van der Waals surface area (Å²) in [6.45, 7) is 6.53. The summed E-state index contributed by atoms with van der Waals surface area (Å²) in [5, 5.41) is 28.4. The fourth-order valence-corrected chi connectivity index (χ4v) is 7.28. The Bertz CT molecular complexity index is 744. The van der Waals surface area contributed by atoms with Gasteiger partial charge in [0, 0.05) is 11.3 Å². The number of carbonyl (C=O) groups is 2. The van der Waals surface area contributed by atoms with Crippen LogP contribution in [-0.4, -0.2) is 32.9 Å². The predicted molar refractivity (Wildman–Crippen MR) is 99.0 cm³/mol. The third kappa shape index (κ3) is 2.62. The van der Waals surface area contributed by atoms with Crippen molar-refractivity contribution in [1.82, 2.24) is 0 Å². The summed E-state index contributed by atoms with van der Waals surface area (Å²) in [7, 11) is 0. The highest BCUT2D eigenvalue weighted by atomic mass is 16.7. The molecule has 4 aliphatic rings. The zero-order valence-corrected chi connectivity index (χ0v) is 16.3. The second-order valence-electron chi connectivity index (χ2n) is 9.81. The van der Waals surface area contributed by atoms with Crippen LogP contribution in [0.5, 0.6) is 0 Å². The first-order chi connectivity index (χ1) is 12.5. The Labute approximate surface area is 160 Å². The molecule has 0 spiro atoms. The minimum Gasteiger partial charge on any atom is -0.337 e.